The molecular formula is C87H157N19O19S. The largest absolute Gasteiger partial charge is 0.391 e. The maximum Gasteiger partial charge on any atom is 0.246 e. The molecule has 1 saturated heterocycles. The van der Waals surface area contributed by atoms with Gasteiger partial charge in [-0.05, 0) is 176 Å². The first-order valence-corrected chi connectivity index (χ1v) is 45.6. The van der Waals surface area contributed by atoms with Crippen LogP contribution in [0.25, 0.3) is 0 Å². The number of amides is 18. The van der Waals surface area contributed by atoms with E-state index in [0.717, 1.165) is 0 Å². The van der Waals surface area contributed by atoms with Gasteiger partial charge in [0.1, 0.15) is 96.7 Å². The molecule has 0 aromatic carbocycles. The van der Waals surface area contributed by atoms with Crippen molar-refractivity contribution in [2.45, 2.75) is 365 Å². The van der Waals surface area contributed by atoms with E-state index in [9.17, 15) is 91.4 Å². The molecule has 1 aliphatic heterocycles. The number of carbonyl (C=O) groups is 18. The summed E-state index contributed by atoms with van der Waals surface area (Å²) in [5.74, 6) is -16.7. The molecule has 720 valence electrons. The smallest absolute Gasteiger partial charge is 0.246 e. The molecule has 1 fully saturated rings. The van der Waals surface area contributed by atoms with E-state index in [2.05, 4.69) is 92.4 Å². The van der Waals surface area contributed by atoms with E-state index in [1.807, 2.05) is 96.9 Å². The summed E-state index contributed by atoms with van der Waals surface area (Å²) in [6.45, 7) is 40.3. The van der Waals surface area contributed by atoms with Crippen LogP contribution in [0.2, 0.25) is 0 Å². The zero-order valence-corrected chi connectivity index (χ0v) is 79.8. The number of nitrogens with zero attached hydrogens (tertiary/aromatic N) is 1. The number of thiol groups is 1. The minimum Gasteiger partial charge on any atom is -0.391 e. The average molecular weight is 1810 g/mol. The highest BCUT2D eigenvalue weighted by Gasteiger charge is 2.43. The molecule has 0 unspecified atom stereocenters. The number of primary amides is 2. The van der Waals surface area contributed by atoms with Crippen LogP contribution in [0.5, 0.6) is 0 Å². The Morgan fingerprint density at radius 2 is 0.595 bits per heavy atom. The minimum atomic E-state index is -1.59. The molecule has 0 bridgehead atoms. The van der Waals surface area contributed by atoms with E-state index in [4.69, 9.17) is 17.2 Å². The van der Waals surface area contributed by atoms with Crippen molar-refractivity contribution in [1.82, 2.24) is 84.7 Å². The van der Waals surface area contributed by atoms with Gasteiger partial charge in [0.2, 0.25) is 106 Å². The Morgan fingerprint density at radius 1 is 0.333 bits per heavy atom. The predicted octanol–water partition coefficient (Wildman–Crippen LogP) is 0.551. The average Bonchev–Trinajstić information content (AvgIpc) is 1.69. The van der Waals surface area contributed by atoms with Gasteiger partial charge < -0.3 is 107 Å². The maximum atomic E-state index is 14.8. The second kappa shape index (κ2) is 57.5. The number of nitrogens with two attached hydrogens (primary N) is 3. The molecule has 0 aliphatic carbocycles. The van der Waals surface area contributed by atoms with Crippen molar-refractivity contribution in [3.8, 4) is 0 Å². The lowest BCUT2D eigenvalue weighted by Gasteiger charge is -2.31. The van der Waals surface area contributed by atoms with E-state index in [-0.39, 0.29) is 149 Å². The SMILES string of the molecule is CC(=O)N[C@@H](CCCCN)C(=O)N[C@H](C(=O)N[C@@H](C)C(=O)N[C@@H](CC(C)C)C(=O)N[C@@H](CC(C)C)C(=O)N[C@@H](CC(C)C)C(=O)N[C@@H](CC(C)C)C(=O)N[C@@H](CC(C)C)C(=O)N[C@@H](CC(C)C)C(=O)N[C@@H](CC(C)C)C(=O)N[C@@H](CC(C)C)C(=O)N[C@@H](CC(C)C)C(=O)N[C@@H](CC(C)C)C(=O)N[C@@H](CC(N)=O)C(=O)N1CCC[C@H]1C(=O)N[C@@H](CS)C(N)=O)[C@@H](C)O. The summed E-state index contributed by atoms with van der Waals surface area (Å²) >= 11 is 4.08. The number of carbonyl (C=O) groups excluding carboxylic acids is 18. The third-order valence-corrected chi connectivity index (χ3v) is 20.9. The molecule has 0 radical (unpaired) electrons. The summed E-state index contributed by atoms with van der Waals surface area (Å²) in [6, 6.07) is -20.9. The lowest BCUT2D eigenvalue weighted by molar-refractivity contribution is -0.143. The molecule has 0 spiro atoms. The van der Waals surface area contributed by atoms with Crippen LogP contribution in [0.3, 0.4) is 0 Å². The van der Waals surface area contributed by atoms with E-state index in [1.165, 1.54) is 25.7 Å². The van der Waals surface area contributed by atoms with Crippen molar-refractivity contribution in [2.75, 3.05) is 18.8 Å². The Bertz CT molecular complexity index is 3600. The van der Waals surface area contributed by atoms with Crippen LogP contribution in [-0.4, -0.2) is 238 Å². The topological polar surface area (TPSA) is 589 Å². The van der Waals surface area contributed by atoms with E-state index >= 15 is 0 Å². The Kier molecular flexibility index (Phi) is 52.4. The first-order valence-electron chi connectivity index (χ1n) is 44.9. The van der Waals surface area contributed by atoms with Crippen LogP contribution >= 0.6 is 12.6 Å². The normalized spacial score (nSPS) is 16.7. The van der Waals surface area contributed by atoms with Crippen LogP contribution in [0.4, 0.5) is 0 Å². The monoisotopic (exact) mass is 1800 g/mol. The summed E-state index contributed by atoms with van der Waals surface area (Å²) in [4.78, 5) is 253. The molecule has 126 heavy (non-hydrogen) atoms. The molecular weight excluding hydrogens is 1650 g/mol. The highest BCUT2D eigenvalue weighted by atomic mass is 32.1. The van der Waals surface area contributed by atoms with Crippen molar-refractivity contribution in [3.05, 3.63) is 0 Å². The van der Waals surface area contributed by atoms with Crippen molar-refractivity contribution >= 4 is 119 Å². The van der Waals surface area contributed by atoms with Gasteiger partial charge in [-0.2, -0.15) is 12.6 Å². The molecule has 18 amide bonds. The lowest BCUT2D eigenvalue weighted by Crippen LogP contribution is -2.61. The number of aliphatic hydroxyl groups is 1. The molecule has 38 nitrogen and oxygen atoms in total. The number of unbranched alkanes of at least 4 members (excludes halogenated alkanes) is 1. The predicted molar refractivity (Wildman–Crippen MR) is 481 cm³/mol. The third-order valence-electron chi connectivity index (χ3n) is 20.6. The van der Waals surface area contributed by atoms with E-state index < -0.39 is 216 Å². The summed E-state index contributed by atoms with van der Waals surface area (Å²) in [7, 11) is 0. The number of hydrogen-bond donors (Lipinski definition) is 20. The lowest BCUT2D eigenvalue weighted by atomic mass is 9.97. The molecule has 0 aromatic rings. The molecule has 0 saturated carbocycles. The number of hydrogen-bond acceptors (Lipinski definition) is 21. The van der Waals surface area contributed by atoms with Crippen LogP contribution < -0.4 is 97.0 Å². The molecule has 17 atom stereocenters. The fourth-order valence-electron chi connectivity index (χ4n) is 14.5. The minimum absolute atomic E-state index is 0.00485. The number of rotatable bonds is 59. The fraction of sp³-hybridized carbons (Fsp3) is 0.793. The van der Waals surface area contributed by atoms with Crippen molar-refractivity contribution in [1.29, 1.82) is 0 Å². The Balaban J connectivity index is 3.65. The second-order valence-electron chi connectivity index (χ2n) is 38.0. The van der Waals surface area contributed by atoms with Gasteiger partial charge in [0.15, 0.2) is 0 Å². The molecule has 0 aromatic heterocycles. The van der Waals surface area contributed by atoms with Gasteiger partial charge in [-0.15, -0.1) is 0 Å². The zero-order chi connectivity index (χ0) is 96.6. The van der Waals surface area contributed by atoms with Gasteiger partial charge in [0.05, 0.1) is 12.5 Å². The van der Waals surface area contributed by atoms with Crippen molar-refractivity contribution in [2.24, 2.45) is 76.4 Å². The maximum absolute atomic E-state index is 14.8. The summed E-state index contributed by atoms with van der Waals surface area (Å²) in [6.07, 6.45) is 0.0418. The highest BCUT2D eigenvalue weighted by Crippen LogP contribution is 2.23. The molecule has 1 aliphatic rings. The third kappa shape index (κ3) is 44.0. The number of likely N-dealkylation sites (tertiary alicyclic amines) is 1. The van der Waals surface area contributed by atoms with Gasteiger partial charge in [0.25, 0.3) is 0 Å². The van der Waals surface area contributed by atoms with E-state index in [1.54, 1.807) is 41.5 Å². The van der Waals surface area contributed by atoms with Crippen LogP contribution in [0.15, 0.2) is 0 Å². The van der Waals surface area contributed by atoms with Crippen LogP contribution in [0.1, 0.15) is 262 Å². The summed E-state index contributed by atoms with van der Waals surface area (Å²) < 4.78 is 0. The number of aliphatic hydroxyl groups excluding tert-OH is 1. The molecule has 39 heteroatoms. The van der Waals surface area contributed by atoms with Crippen molar-refractivity contribution < 1.29 is 91.4 Å². The first-order chi connectivity index (χ1) is 58.5. The Labute approximate surface area is 751 Å². The molecule has 1 rings (SSSR count). The van der Waals surface area contributed by atoms with E-state index in [0.29, 0.717) is 25.8 Å². The molecule has 22 N–H and O–H groups in total. The summed E-state index contributed by atoms with van der Waals surface area (Å²) in [5.41, 5.74) is 16.6. The quantitative estimate of drug-likeness (QED) is 0.0292. The van der Waals surface area contributed by atoms with Crippen LogP contribution in [0, 0.1) is 59.2 Å². The summed E-state index contributed by atoms with van der Waals surface area (Å²) in [5, 5.41) is 51.0. The second-order valence-corrected chi connectivity index (χ2v) is 38.3. The number of nitrogens with one attached hydrogen (secondary N) is 15. The standard InChI is InChI=1S/C87H157N19O19S/c1-43(2)31-57(93-73(111)53(21)91-86(124)71(54(22)107)105-74(112)56(92-55(23)108)27-24-25-29-88)75(113)94-58(32-44(3)4)76(114)95-59(33-45(5)6)77(115)96-60(34-46(7)8)78(116)97-61(35-47(9)10)79(117)98-62(36-48(11)12)80(118)99-63(37-49(13)14)81(119)100-64(38-50(15)16)82(120)101-65(39-51(17)18)83(121)102-66(40-52(19)20)84(122)103-67(41-70(89)109)87(125)106-30-26-28-69(106)85(123)104-68(42-126)72(90)110/h43-54,56-69,71,107,126H,24-42,88H2,1-23H3,(H2,89,109)(H2,90,110)(H,91,124)(H,92,108)(H,93,111)(H,94,113)(H,95,114)(H,96,115)(H,97,116)(H,98,117)(H,99,118)(H,100,119)(H,101,120)(H,102,121)(H,103,122)(H,104,123)(H,105,112)/t53-,54+,56-,57-,58-,59-,60-,61-,62-,63-,64-,65-,66-,67-,68-,69-,71-/m0/s1. The fourth-order valence-corrected chi connectivity index (χ4v) is 14.7. The van der Waals surface area contributed by atoms with Crippen molar-refractivity contribution in [3.63, 3.8) is 0 Å². The van der Waals surface area contributed by atoms with Crippen LogP contribution in [-0.2, 0) is 86.3 Å². The first kappa shape index (κ1) is 115. The van der Waals surface area contributed by atoms with Gasteiger partial charge >= 0.3 is 0 Å². The Morgan fingerprint density at radius 3 is 0.825 bits per heavy atom. The highest BCUT2D eigenvalue weighted by molar-refractivity contribution is 7.80. The van der Waals surface area contributed by atoms with Gasteiger partial charge in [-0.3, -0.25) is 86.3 Å². The molecule has 1 heterocycles. The zero-order valence-electron chi connectivity index (χ0n) is 78.9. The van der Waals surface area contributed by atoms with Gasteiger partial charge in [0, 0.05) is 19.2 Å². The van der Waals surface area contributed by atoms with Gasteiger partial charge in [-0.25, -0.2) is 0 Å². The Hall–Kier alpha value is -9.27. The van der Waals surface area contributed by atoms with Gasteiger partial charge in [-0.1, -0.05) is 138 Å².